The van der Waals surface area contributed by atoms with E-state index in [1.54, 1.807) is 64.1 Å². The molecule has 49 heavy (non-hydrogen) atoms. The van der Waals surface area contributed by atoms with Crippen molar-refractivity contribution < 1.29 is 19.1 Å². The molecule has 0 aliphatic carbocycles. The molecule has 4 aromatic rings. The number of rotatable bonds is 9. The first kappa shape index (κ1) is 37.2. The number of nitrogens with zero attached hydrogens (tertiary/aromatic N) is 6. The molecule has 0 radical (unpaired) electrons. The summed E-state index contributed by atoms with van der Waals surface area (Å²) in [5, 5.41) is 23.8. The van der Waals surface area contributed by atoms with E-state index in [-0.39, 0.29) is 23.4 Å². The Kier molecular flexibility index (Phi) is 13.3. The highest BCUT2D eigenvalue weighted by atomic mass is 16.6. The lowest BCUT2D eigenvalue weighted by Crippen LogP contribution is -2.44. The molecule has 0 bridgehead atoms. The molecule has 0 saturated carbocycles. The lowest BCUT2D eigenvalue weighted by Gasteiger charge is -2.21. The van der Waals surface area contributed by atoms with Crippen molar-refractivity contribution in [1.82, 2.24) is 15.3 Å². The highest BCUT2D eigenvalue weighted by Gasteiger charge is 2.21. The van der Waals surface area contributed by atoms with Crippen molar-refractivity contribution in [2.75, 3.05) is 22.1 Å². The predicted octanol–water partition coefficient (Wildman–Crippen LogP) is 6.30. The van der Waals surface area contributed by atoms with Gasteiger partial charge in [0, 0.05) is 0 Å². The van der Waals surface area contributed by atoms with Crippen LogP contribution < -0.4 is 33.2 Å². The highest BCUT2D eigenvalue weighted by Crippen LogP contribution is 2.26. The van der Waals surface area contributed by atoms with Crippen LogP contribution in [0.15, 0.2) is 105 Å². The van der Waals surface area contributed by atoms with Gasteiger partial charge in [-0.15, -0.1) is 10.2 Å². The number of nitrogen functional groups attached to an aromatic ring is 2. The summed E-state index contributed by atoms with van der Waals surface area (Å²) in [6.07, 6.45) is -0.681. The third-order valence-electron chi connectivity index (χ3n) is 5.91. The van der Waals surface area contributed by atoms with Crippen molar-refractivity contribution >= 4 is 63.9 Å². The Balaban J connectivity index is 0.000000276. The molecule has 0 spiro atoms. The summed E-state index contributed by atoms with van der Waals surface area (Å²) in [5.74, 6) is 0.0619. The van der Waals surface area contributed by atoms with Gasteiger partial charge >= 0.3 is 6.09 Å². The van der Waals surface area contributed by atoms with Gasteiger partial charge in [0.15, 0.2) is 11.6 Å². The largest absolute Gasteiger partial charge is 0.444 e. The fourth-order valence-electron chi connectivity index (χ4n) is 3.48. The monoisotopic (exact) mass is 668 g/mol. The number of benzene rings is 2. The quantitative estimate of drug-likeness (QED) is 0.109. The molecular formula is C33H40N12O4. The van der Waals surface area contributed by atoms with Gasteiger partial charge in [0.2, 0.25) is 11.8 Å². The van der Waals surface area contributed by atoms with E-state index < -0.39 is 29.7 Å². The fraction of sp³-hybridized carbons (Fsp3) is 0.242. The summed E-state index contributed by atoms with van der Waals surface area (Å²) in [6, 6.07) is 23.4. The molecule has 9 N–H and O–H groups in total. The number of aromatic nitrogens is 2. The van der Waals surface area contributed by atoms with E-state index in [2.05, 4.69) is 46.4 Å². The number of pyridine rings is 2. The van der Waals surface area contributed by atoms with E-state index in [1.807, 2.05) is 48.5 Å². The van der Waals surface area contributed by atoms with Gasteiger partial charge in [-0.05, 0) is 83.1 Å². The first-order chi connectivity index (χ1) is 23.2. The maximum Gasteiger partial charge on any atom is 0.408 e. The van der Waals surface area contributed by atoms with Crippen molar-refractivity contribution in [3.8, 4) is 0 Å². The number of alkyl carbamates (subject to hydrolysis) is 1. The van der Waals surface area contributed by atoms with Crippen LogP contribution >= 0.6 is 0 Å². The number of hydrogen-bond donors (Lipinski definition) is 6. The number of carbonyl (C=O) groups is 3. The number of ether oxygens (including phenoxy) is 1. The molecule has 2 aromatic heterocycles. The Hall–Kier alpha value is -6.29. The third kappa shape index (κ3) is 13.2. The van der Waals surface area contributed by atoms with Gasteiger partial charge in [0.05, 0.1) is 17.4 Å². The summed E-state index contributed by atoms with van der Waals surface area (Å²) >= 11 is 0. The van der Waals surface area contributed by atoms with E-state index in [9.17, 15) is 14.4 Å². The minimum atomic E-state index is -0.824. The zero-order valence-electron chi connectivity index (χ0n) is 27.8. The summed E-state index contributed by atoms with van der Waals surface area (Å²) in [5.41, 5.74) is 18.7. The van der Waals surface area contributed by atoms with E-state index >= 15 is 0 Å². The number of amides is 3. The molecule has 2 heterocycles. The van der Waals surface area contributed by atoms with Gasteiger partial charge in [-0.1, -0.05) is 36.4 Å². The number of hydrogen-bond acceptors (Lipinski definition) is 13. The number of nitrogens with one attached hydrogen (secondary N) is 3. The average molecular weight is 669 g/mol. The second kappa shape index (κ2) is 17.6. The maximum absolute atomic E-state index is 12.2. The van der Waals surface area contributed by atoms with Crippen LogP contribution in [0.3, 0.4) is 0 Å². The van der Waals surface area contributed by atoms with Gasteiger partial charge < -0.3 is 37.9 Å². The molecule has 0 fully saturated rings. The van der Waals surface area contributed by atoms with Crippen molar-refractivity contribution in [2.24, 2.45) is 26.2 Å². The van der Waals surface area contributed by atoms with Gasteiger partial charge in [-0.3, -0.25) is 9.59 Å². The van der Waals surface area contributed by atoms with Crippen molar-refractivity contribution in [3.63, 3.8) is 0 Å². The molecule has 0 aliphatic rings. The Labute approximate surface area is 283 Å². The number of carbonyl (C=O) groups excluding carboxylic acids is 3. The van der Waals surface area contributed by atoms with Gasteiger partial charge in [0.25, 0.3) is 0 Å². The van der Waals surface area contributed by atoms with Crippen LogP contribution in [0, 0.1) is 0 Å². The number of nitrogens with two attached hydrogens (primary N) is 3. The highest BCUT2D eigenvalue weighted by molar-refractivity contribution is 5.96. The Bertz CT molecular complexity index is 1780. The standard InChI is InChI=1S/C19H24N6O3.C14H16N6O/c1-12(21-18(27)28-19(2,3)4)17(26)23-15-11-10-14(16(20)22-15)25-24-13-8-6-5-7-9-13;1-9(15)14(21)18-12-8-7-11(13(16)17-12)20-19-10-5-3-2-4-6-10/h5-12H,1-4H3,(H,21,27)(H3,20,22,23,26);2-9H,15H2,1H3,(H3,16,17,18,21)/t12-;9-/m00/s1. The van der Waals surface area contributed by atoms with Crippen LogP contribution in [0.2, 0.25) is 0 Å². The van der Waals surface area contributed by atoms with Crippen LogP contribution in [-0.4, -0.2) is 45.6 Å². The minimum Gasteiger partial charge on any atom is -0.444 e. The SMILES string of the molecule is C[C@H](N)C(=O)Nc1ccc(N=Nc2ccccc2)c(N)n1.C[C@H](NC(=O)OC(C)(C)C)C(=O)Nc1ccc(N=Nc2ccccc2)c(N)n1. The van der Waals surface area contributed by atoms with Crippen LogP contribution in [0.1, 0.15) is 34.6 Å². The van der Waals surface area contributed by atoms with Crippen LogP contribution in [0.25, 0.3) is 0 Å². The molecule has 256 valence electrons. The molecule has 3 amide bonds. The average Bonchev–Trinajstić information content (AvgIpc) is 3.04. The van der Waals surface area contributed by atoms with Crippen molar-refractivity contribution in [3.05, 3.63) is 84.9 Å². The van der Waals surface area contributed by atoms with Gasteiger partial charge in [-0.2, -0.15) is 10.2 Å². The zero-order valence-corrected chi connectivity index (χ0v) is 27.8. The molecule has 0 aliphatic heterocycles. The summed E-state index contributed by atoms with van der Waals surface area (Å²) in [6.45, 7) is 8.33. The maximum atomic E-state index is 12.2. The smallest absolute Gasteiger partial charge is 0.408 e. The van der Waals surface area contributed by atoms with Crippen molar-refractivity contribution in [1.29, 1.82) is 0 Å². The van der Waals surface area contributed by atoms with Crippen LogP contribution in [0.5, 0.6) is 0 Å². The summed E-state index contributed by atoms with van der Waals surface area (Å²) in [4.78, 5) is 43.6. The van der Waals surface area contributed by atoms with E-state index in [0.29, 0.717) is 28.6 Å². The second-order valence-electron chi connectivity index (χ2n) is 11.4. The predicted molar refractivity (Wildman–Crippen MR) is 188 cm³/mol. The zero-order chi connectivity index (χ0) is 36.0. The Morgan fingerprint density at radius 1 is 0.673 bits per heavy atom. The topological polar surface area (TPSA) is 250 Å². The normalized spacial score (nSPS) is 12.4. The second-order valence-corrected chi connectivity index (χ2v) is 11.4. The summed E-state index contributed by atoms with van der Waals surface area (Å²) < 4.78 is 5.12. The first-order valence-corrected chi connectivity index (χ1v) is 15.0. The molecule has 0 saturated heterocycles. The molecular weight excluding hydrogens is 628 g/mol. The molecule has 16 nitrogen and oxygen atoms in total. The molecule has 2 aromatic carbocycles. The molecule has 4 rings (SSSR count). The molecule has 16 heteroatoms. The minimum absolute atomic E-state index is 0.116. The van der Waals surface area contributed by atoms with Crippen molar-refractivity contribution in [2.45, 2.75) is 52.3 Å². The number of azo groups is 2. The Morgan fingerprint density at radius 2 is 1.10 bits per heavy atom. The molecule has 0 unspecified atom stereocenters. The summed E-state index contributed by atoms with van der Waals surface area (Å²) in [7, 11) is 0. The van der Waals surface area contributed by atoms with Gasteiger partial charge in [-0.25, -0.2) is 14.8 Å². The third-order valence-corrected chi connectivity index (χ3v) is 5.91. The number of anilines is 4. The van der Waals surface area contributed by atoms with Crippen LogP contribution in [0.4, 0.5) is 50.8 Å². The molecule has 2 atom stereocenters. The van der Waals surface area contributed by atoms with Crippen LogP contribution in [-0.2, 0) is 14.3 Å². The Morgan fingerprint density at radius 3 is 1.49 bits per heavy atom. The lowest BCUT2D eigenvalue weighted by molar-refractivity contribution is -0.118. The van der Waals surface area contributed by atoms with E-state index in [4.69, 9.17) is 21.9 Å². The fourth-order valence-corrected chi connectivity index (χ4v) is 3.48. The lowest BCUT2D eigenvalue weighted by atomic mass is 10.2. The van der Waals surface area contributed by atoms with Gasteiger partial charge in [0.1, 0.15) is 34.7 Å². The first-order valence-electron chi connectivity index (χ1n) is 15.0. The van der Waals surface area contributed by atoms with E-state index in [1.165, 1.54) is 6.92 Å². The van der Waals surface area contributed by atoms with E-state index in [0.717, 1.165) is 0 Å².